The Bertz CT molecular complexity index is 366. The molecule has 0 bridgehead atoms. The minimum Gasteiger partial charge on any atom is -0.321 e. The van der Waals surface area contributed by atoms with Gasteiger partial charge in [-0.25, -0.2) is 4.39 Å². The van der Waals surface area contributed by atoms with Gasteiger partial charge < -0.3 is 5.73 Å². The summed E-state index contributed by atoms with van der Waals surface area (Å²) in [6.45, 7) is 3.51. The van der Waals surface area contributed by atoms with E-state index in [2.05, 4.69) is 6.58 Å². The molecule has 66 valence electrons. The van der Waals surface area contributed by atoms with Gasteiger partial charge in [-0.15, -0.1) is 6.58 Å². The number of nitrogens with zero attached hydrogens (tertiary/aromatic N) is 1. The van der Waals surface area contributed by atoms with Crippen LogP contribution in [-0.4, -0.2) is 0 Å². The second kappa shape index (κ2) is 3.83. The molecule has 0 aromatic heterocycles. The van der Waals surface area contributed by atoms with Crippen LogP contribution < -0.4 is 5.73 Å². The van der Waals surface area contributed by atoms with Crippen molar-refractivity contribution in [1.29, 1.82) is 5.26 Å². The van der Waals surface area contributed by atoms with Crippen LogP contribution in [0, 0.1) is 17.1 Å². The first-order valence-electron chi connectivity index (χ1n) is 3.76. The van der Waals surface area contributed by atoms with E-state index < -0.39 is 11.9 Å². The SMILES string of the molecule is C=CC(N)c1ccc(F)cc1C#N. The number of hydrogen-bond acceptors (Lipinski definition) is 2. The first kappa shape index (κ1) is 9.43. The highest BCUT2D eigenvalue weighted by Gasteiger charge is 2.08. The van der Waals surface area contributed by atoms with Crippen molar-refractivity contribution in [3.63, 3.8) is 0 Å². The summed E-state index contributed by atoms with van der Waals surface area (Å²) in [6, 6.07) is 5.41. The second-order valence-electron chi connectivity index (χ2n) is 2.60. The molecule has 0 amide bonds. The molecule has 0 aliphatic rings. The molecule has 3 heteroatoms. The minimum atomic E-state index is -0.434. The van der Waals surface area contributed by atoms with Crippen molar-refractivity contribution < 1.29 is 4.39 Å². The Kier molecular flexibility index (Phi) is 2.78. The molecule has 0 spiro atoms. The topological polar surface area (TPSA) is 49.8 Å². The third-order valence-corrected chi connectivity index (χ3v) is 1.75. The zero-order valence-electron chi connectivity index (χ0n) is 7.00. The molecule has 0 saturated carbocycles. The van der Waals surface area contributed by atoms with Gasteiger partial charge in [0.15, 0.2) is 0 Å². The molecule has 0 heterocycles. The van der Waals surface area contributed by atoms with Crippen LogP contribution in [0.5, 0.6) is 0 Å². The molecule has 1 aromatic rings. The van der Waals surface area contributed by atoms with Crippen LogP contribution in [0.3, 0.4) is 0 Å². The van der Waals surface area contributed by atoms with Crippen LogP contribution >= 0.6 is 0 Å². The minimum absolute atomic E-state index is 0.257. The predicted molar refractivity (Wildman–Crippen MR) is 48.2 cm³/mol. The van der Waals surface area contributed by atoms with Gasteiger partial charge in [0, 0.05) is 6.04 Å². The summed E-state index contributed by atoms with van der Waals surface area (Å²) in [5, 5.41) is 8.68. The van der Waals surface area contributed by atoms with E-state index in [9.17, 15) is 4.39 Å². The standard InChI is InChI=1S/C10H9FN2/c1-2-10(13)9-4-3-8(11)5-7(9)6-12/h2-5,10H,1,13H2. The molecule has 13 heavy (non-hydrogen) atoms. The Morgan fingerprint density at radius 2 is 2.31 bits per heavy atom. The Morgan fingerprint density at radius 1 is 1.62 bits per heavy atom. The quantitative estimate of drug-likeness (QED) is 0.699. The summed E-state index contributed by atoms with van der Waals surface area (Å²) in [5.74, 6) is -0.434. The molecule has 0 aliphatic heterocycles. The summed E-state index contributed by atoms with van der Waals surface area (Å²) in [4.78, 5) is 0. The highest BCUT2D eigenvalue weighted by atomic mass is 19.1. The molecular weight excluding hydrogens is 167 g/mol. The van der Waals surface area contributed by atoms with Crippen LogP contribution in [0.2, 0.25) is 0 Å². The fraction of sp³-hybridized carbons (Fsp3) is 0.100. The average molecular weight is 176 g/mol. The number of nitrogens with two attached hydrogens (primary N) is 1. The van der Waals surface area contributed by atoms with Crippen LogP contribution in [0.4, 0.5) is 4.39 Å². The molecule has 1 unspecified atom stereocenters. The molecule has 0 aliphatic carbocycles. The van der Waals surface area contributed by atoms with Gasteiger partial charge in [0.25, 0.3) is 0 Å². The van der Waals surface area contributed by atoms with Gasteiger partial charge in [0.1, 0.15) is 5.82 Å². The summed E-state index contributed by atoms with van der Waals surface area (Å²) >= 11 is 0. The van der Waals surface area contributed by atoms with Crippen molar-refractivity contribution >= 4 is 0 Å². The zero-order valence-corrected chi connectivity index (χ0v) is 7.00. The summed E-state index contributed by atoms with van der Waals surface area (Å²) in [6.07, 6.45) is 1.51. The van der Waals surface area contributed by atoms with E-state index in [1.54, 1.807) is 0 Å². The van der Waals surface area contributed by atoms with E-state index in [0.717, 1.165) is 0 Å². The van der Waals surface area contributed by atoms with Crippen molar-refractivity contribution in [2.75, 3.05) is 0 Å². The van der Waals surface area contributed by atoms with Crippen molar-refractivity contribution in [2.45, 2.75) is 6.04 Å². The second-order valence-corrected chi connectivity index (χ2v) is 2.60. The lowest BCUT2D eigenvalue weighted by Crippen LogP contribution is -2.08. The third kappa shape index (κ3) is 1.92. The van der Waals surface area contributed by atoms with E-state index in [0.29, 0.717) is 5.56 Å². The highest BCUT2D eigenvalue weighted by molar-refractivity contribution is 5.41. The van der Waals surface area contributed by atoms with Gasteiger partial charge in [0.2, 0.25) is 0 Å². The maximum atomic E-state index is 12.7. The normalized spacial score (nSPS) is 11.8. The molecule has 2 nitrogen and oxygen atoms in total. The van der Waals surface area contributed by atoms with Gasteiger partial charge >= 0.3 is 0 Å². The van der Waals surface area contributed by atoms with Crippen LogP contribution in [-0.2, 0) is 0 Å². The van der Waals surface area contributed by atoms with E-state index in [1.807, 2.05) is 6.07 Å². The Hall–Kier alpha value is -1.66. The van der Waals surface area contributed by atoms with Crippen molar-refractivity contribution in [3.05, 3.63) is 47.8 Å². The summed E-state index contributed by atoms with van der Waals surface area (Å²) in [7, 11) is 0. The fourth-order valence-electron chi connectivity index (χ4n) is 1.04. The monoisotopic (exact) mass is 176 g/mol. The van der Waals surface area contributed by atoms with Gasteiger partial charge in [-0.1, -0.05) is 12.1 Å². The Morgan fingerprint density at radius 3 is 2.85 bits per heavy atom. The summed E-state index contributed by atoms with van der Waals surface area (Å²) in [5.41, 5.74) is 6.48. The van der Waals surface area contributed by atoms with Crippen LogP contribution in [0.15, 0.2) is 30.9 Å². The van der Waals surface area contributed by atoms with E-state index in [-0.39, 0.29) is 5.56 Å². The fourth-order valence-corrected chi connectivity index (χ4v) is 1.04. The van der Waals surface area contributed by atoms with Crippen LogP contribution in [0.25, 0.3) is 0 Å². The first-order valence-corrected chi connectivity index (χ1v) is 3.76. The molecule has 2 N–H and O–H groups in total. The van der Waals surface area contributed by atoms with Gasteiger partial charge in [-0.05, 0) is 17.7 Å². The molecule has 1 atom stereocenters. The molecule has 0 fully saturated rings. The maximum absolute atomic E-state index is 12.7. The van der Waals surface area contributed by atoms with E-state index >= 15 is 0 Å². The highest BCUT2D eigenvalue weighted by Crippen LogP contribution is 2.17. The van der Waals surface area contributed by atoms with Crippen LogP contribution in [0.1, 0.15) is 17.2 Å². The predicted octanol–water partition coefficient (Wildman–Crippen LogP) is 1.88. The average Bonchev–Trinajstić information content (AvgIpc) is 2.16. The van der Waals surface area contributed by atoms with Crippen molar-refractivity contribution in [1.82, 2.24) is 0 Å². The lowest BCUT2D eigenvalue weighted by atomic mass is 10.0. The Labute approximate surface area is 76.1 Å². The number of halogens is 1. The van der Waals surface area contributed by atoms with E-state index in [1.165, 1.54) is 24.3 Å². The van der Waals surface area contributed by atoms with Crippen molar-refractivity contribution in [3.8, 4) is 6.07 Å². The molecular formula is C10H9FN2. The maximum Gasteiger partial charge on any atom is 0.124 e. The van der Waals surface area contributed by atoms with E-state index in [4.69, 9.17) is 11.0 Å². The largest absolute Gasteiger partial charge is 0.321 e. The molecule has 0 saturated heterocycles. The lowest BCUT2D eigenvalue weighted by Gasteiger charge is -2.07. The number of hydrogen-bond donors (Lipinski definition) is 1. The van der Waals surface area contributed by atoms with Gasteiger partial charge in [-0.3, -0.25) is 0 Å². The lowest BCUT2D eigenvalue weighted by molar-refractivity contribution is 0.626. The Balaban J connectivity index is 3.22. The molecule has 1 rings (SSSR count). The van der Waals surface area contributed by atoms with Gasteiger partial charge in [0.05, 0.1) is 11.6 Å². The summed E-state index contributed by atoms with van der Waals surface area (Å²) < 4.78 is 12.7. The number of benzene rings is 1. The van der Waals surface area contributed by atoms with Gasteiger partial charge in [-0.2, -0.15) is 5.26 Å². The number of rotatable bonds is 2. The van der Waals surface area contributed by atoms with Crippen molar-refractivity contribution in [2.24, 2.45) is 5.73 Å². The molecule has 0 radical (unpaired) electrons. The number of nitriles is 1. The smallest absolute Gasteiger partial charge is 0.124 e. The first-order chi connectivity index (χ1) is 6.19. The zero-order chi connectivity index (χ0) is 9.84. The third-order valence-electron chi connectivity index (χ3n) is 1.75. The molecule has 1 aromatic carbocycles.